The molecule has 0 bridgehead atoms. The minimum Gasteiger partial charge on any atom is -0.311 e. The zero-order chi connectivity index (χ0) is 20.6. The summed E-state index contributed by atoms with van der Waals surface area (Å²) in [4.78, 5) is 32.5. The molecule has 1 aliphatic rings. The van der Waals surface area contributed by atoms with Crippen molar-refractivity contribution in [1.29, 1.82) is 0 Å². The van der Waals surface area contributed by atoms with E-state index in [-0.39, 0.29) is 17.7 Å². The van der Waals surface area contributed by atoms with Gasteiger partial charge in [0.2, 0.25) is 11.8 Å². The van der Waals surface area contributed by atoms with Crippen LogP contribution in [0.2, 0.25) is 0 Å². The van der Waals surface area contributed by atoms with Gasteiger partial charge < -0.3 is 10.2 Å². The van der Waals surface area contributed by atoms with Crippen LogP contribution in [0, 0.1) is 18.3 Å². The third-order valence-electron chi connectivity index (χ3n) is 5.22. The van der Waals surface area contributed by atoms with Gasteiger partial charge >= 0.3 is 0 Å². The lowest BCUT2D eigenvalue weighted by molar-refractivity contribution is -0.125. The van der Waals surface area contributed by atoms with Crippen LogP contribution in [0.4, 0.5) is 10.8 Å². The Bertz CT molecular complexity index is 911. The molecular formula is C22H29N3O2S. The van der Waals surface area contributed by atoms with E-state index in [0.717, 1.165) is 41.2 Å². The van der Waals surface area contributed by atoms with Crippen LogP contribution in [0.1, 0.15) is 51.5 Å². The highest BCUT2D eigenvalue weighted by molar-refractivity contribution is 7.16. The van der Waals surface area contributed by atoms with Crippen LogP contribution >= 0.6 is 11.3 Å². The first kappa shape index (κ1) is 20.5. The van der Waals surface area contributed by atoms with Gasteiger partial charge in [0.15, 0.2) is 5.13 Å². The summed E-state index contributed by atoms with van der Waals surface area (Å²) >= 11 is 1.50. The second kappa shape index (κ2) is 7.66. The van der Waals surface area contributed by atoms with E-state index in [1.54, 1.807) is 0 Å². The number of carbonyl (C=O) groups is 2. The molecular weight excluding hydrogens is 370 g/mol. The Morgan fingerprint density at radius 1 is 1.32 bits per heavy atom. The summed E-state index contributed by atoms with van der Waals surface area (Å²) in [6.45, 7) is 12.5. The van der Waals surface area contributed by atoms with Gasteiger partial charge in [-0.3, -0.25) is 9.59 Å². The Kier molecular flexibility index (Phi) is 5.62. The van der Waals surface area contributed by atoms with Crippen molar-refractivity contribution in [2.24, 2.45) is 11.3 Å². The van der Waals surface area contributed by atoms with Gasteiger partial charge in [0.05, 0.1) is 5.69 Å². The number of fused-ring (bicyclic) bond motifs is 1. The molecule has 150 valence electrons. The monoisotopic (exact) mass is 399 g/mol. The lowest BCUT2D eigenvalue weighted by Crippen LogP contribution is -2.38. The molecule has 0 spiro atoms. The fraction of sp³-hybridized carbons (Fsp3) is 0.500. The van der Waals surface area contributed by atoms with Gasteiger partial charge in [0.1, 0.15) is 0 Å². The number of thiazole rings is 1. The summed E-state index contributed by atoms with van der Waals surface area (Å²) in [5, 5.41) is 3.57. The number of rotatable bonds is 4. The van der Waals surface area contributed by atoms with Gasteiger partial charge in [-0.1, -0.05) is 40.7 Å². The summed E-state index contributed by atoms with van der Waals surface area (Å²) < 4.78 is 0. The van der Waals surface area contributed by atoms with E-state index in [0.29, 0.717) is 5.13 Å². The normalized spacial score (nSPS) is 14.7. The second-order valence-corrected chi connectivity index (χ2v) is 9.73. The van der Waals surface area contributed by atoms with Crippen molar-refractivity contribution < 1.29 is 9.59 Å². The largest absolute Gasteiger partial charge is 0.311 e. The lowest BCUT2D eigenvalue weighted by atomic mass is 9.94. The topological polar surface area (TPSA) is 62.3 Å². The maximum absolute atomic E-state index is 12.7. The number of amides is 2. The molecule has 5 nitrogen and oxygen atoms in total. The molecule has 1 unspecified atom stereocenters. The van der Waals surface area contributed by atoms with Gasteiger partial charge in [-0.15, -0.1) is 11.3 Å². The molecule has 0 radical (unpaired) electrons. The summed E-state index contributed by atoms with van der Waals surface area (Å²) in [6.07, 6.45) is 1.66. The molecule has 2 aromatic rings. The fourth-order valence-corrected chi connectivity index (χ4v) is 4.14. The molecule has 0 saturated carbocycles. The summed E-state index contributed by atoms with van der Waals surface area (Å²) in [7, 11) is 0. The van der Waals surface area contributed by atoms with E-state index >= 15 is 0 Å². The van der Waals surface area contributed by atoms with Crippen LogP contribution in [0.3, 0.4) is 0 Å². The Hall–Kier alpha value is -2.21. The molecule has 1 aromatic heterocycles. The quantitative estimate of drug-likeness (QED) is 0.783. The van der Waals surface area contributed by atoms with E-state index in [4.69, 9.17) is 0 Å². The van der Waals surface area contributed by atoms with Crippen molar-refractivity contribution in [3.63, 3.8) is 0 Å². The van der Waals surface area contributed by atoms with Crippen molar-refractivity contribution in [2.75, 3.05) is 16.8 Å². The van der Waals surface area contributed by atoms with Crippen LogP contribution < -0.4 is 10.2 Å². The minimum atomic E-state index is -0.394. The number of benzene rings is 1. The fourth-order valence-electron chi connectivity index (χ4n) is 3.30. The Morgan fingerprint density at radius 2 is 2.04 bits per heavy atom. The first-order valence-electron chi connectivity index (χ1n) is 9.85. The van der Waals surface area contributed by atoms with Crippen molar-refractivity contribution >= 4 is 34.0 Å². The standard InChI is InChI=1S/C22H29N3O2S/c1-7-13(2)19(26)24-21-23-18(14(3)28-21)16-8-9-17-15(12-16)10-11-25(17)20(27)22(4,5)6/h8-9,12-13H,7,10-11H2,1-6H3,(H,23,24,26). The number of anilines is 2. The number of aryl methyl sites for hydroxylation is 1. The molecule has 2 amide bonds. The minimum absolute atomic E-state index is 0.00749. The van der Waals surface area contributed by atoms with Crippen LogP contribution in [-0.2, 0) is 16.0 Å². The lowest BCUT2D eigenvalue weighted by Gasteiger charge is -2.26. The molecule has 1 aliphatic heterocycles. The SMILES string of the molecule is CCC(C)C(=O)Nc1nc(-c2ccc3c(c2)CCN3C(=O)C(C)(C)C)c(C)s1. The highest BCUT2D eigenvalue weighted by Gasteiger charge is 2.32. The van der Waals surface area contributed by atoms with E-state index in [1.165, 1.54) is 16.9 Å². The first-order chi connectivity index (χ1) is 13.1. The Balaban J connectivity index is 1.85. The van der Waals surface area contributed by atoms with E-state index in [1.807, 2.05) is 58.6 Å². The van der Waals surface area contributed by atoms with Crippen molar-refractivity contribution in [1.82, 2.24) is 4.98 Å². The molecule has 1 N–H and O–H groups in total. The summed E-state index contributed by atoms with van der Waals surface area (Å²) in [6, 6.07) is 6.18. The number of aromatic nitrogens is 1. The number of nitrogens with one attached hydrogen (secondary N) is 1. The molecule has 28 heavy (non-hydrogen) atoms. The van der Waals surface area contributed by atoms with Crippen LogP contribution in [0.25, 0.3) is 11.3 Å². The molecule has 1 aromatic carbocycles. The smallest absolute Gasteiger partial charge is 0.232 e. The van der Waals surface area contributed by atoms with Gasteiger partial charge in [0, 0.05) is 34.0 Å². The molecule has 3 rings (SSSR count). The zero-order valence-corrected chi connectivity index (χ0v) is 18.4. The van der Waals surface area contributed by atoms with Gasteiger partial charge in [-0.2, -0.15) is 0 Å². The van der Waals surface area contributed by atoms with Crippen molar-refractivity contribution in [2.45, 2.75) is 54.4 Å². The van der Waals surface area contributed by atoms with Crippen LogP contribution in [0.5, 0.6) is 0 Å². The average molecular weight is 400 g/mol. The van der Waals surface area contributed by atoms with E-state index in [2.05, 4.69) is 16.4 Å². The van der Waals surface area contributed by atoms with Crippen LogP contribution in [0.15, 0.2) is 18.2 Å². The average Bonchev–Trinajstić information content (AvgIpc) is 3.22. The Morgan fingerprint density at radius 3 is 2.68 bits per heavy atom. The van der Waals surface area contributed by atoms with E-state index in [9.17, 15) is 9.59 Å². The molecule has 6 heteroatoms. The highest BCUT2D eigenvalue weighted by atomic mass is 32.1. The maximum Gasteiger partial charge on any atom is 0.232 e. The molecule has 0 saturated heterocycles. The van der Waals surface area contributed by atoms with Gasteiger partial charge in [-0.05, 0) is 37.5 Å². The maximum atomic E-state index is 12.7. The van der Waals surface area contributed by atoms with E-state index < -0.39 is 5.41 Å². The van der Waals surface area contributed by atoms with Crippen molar-refractivity contribution in [3.05, 3.63) is 28.6 Å². The number of carbonyl (C=O) groups excluding carboxylic acids is 2. The van der Waals surface area contributed by atoms with Crippen molar-refractivity contribution in [3.8, 4) is 11.3 Å². The molecule has 1 atom stereocenters. The second-order valence-electron chi connectivity index (χ2n) is 8.52. The highest BCUT2D eigenvalue weighted by Crippen LogP contribution is 2.37. The third kappa shape index (κ3) is 3.97. The zero-order valence-electron chi connectivity index (χ0n) is 17.5. The summed E-state index contributed by atoms with van der Waals surface area (Å²) in [5.41, 5.74) is 3.71. The van der Waals surface area contributed by atoms with Gasteiger partial charge in [-0.25, -0.2) is 4.98 Å². The number of hydrogen-bond acceptors (Lipinski definition) is 4. The molecule has 0 aliphatic carbocycles. The van der Waals surface area contributed by atoms with Gasteiger partial charge in [0.25, 0.3) is 0 Å². The predicted octanol–water partition coefficient (Wildman–Crippen LogP) is 5.04. The first-order valence-corrected chi connectivity index (χ1v) is 10.7. The molecule has 2 heterocycles. The third-order valence-corrected chi connectivity index (χ3v) is 6.11. The summed E-state index contributed by atoms with van der Waals surface area (Å²) in [5.74, 6) is 0.131. The molecule has 0 fully saturated rings. The number of hydrogen-bond donors (Lipinski definition) is 1. The predicted molar refractivity (Wildman–Crippen MR) is 116 cm³/mol. The number of nitrogens with zero attached hydrogens (tertiary/aromatic N) is 2. The van der Waals surface area contributed by atoms with Crippen LogP contribution in [-0.4, -0.2) is 23.3 Å². The Labute approximate surface area is 171 Å².